The molecule has 1 rings (SSSR count). The molecule has 0 aliphatic rings. The van der Waals surface area contributed by atoms with E-state index in [1.165, 1.54) is 6.07 Å². The molecule has 0 aliphatic carbocycles. The summed E-state index contributed by atoms with van der Waals surface area (Å²) in [4.78, 5) is 15.0. The highest BCUT2D eigenvalue weighted by Crippen LogP contribution is 2.11. The van der Waals surface area contributed by atoms with Crippen LogP contribution in [0.3, 0.4) is 0 Å². The summed E-state index contributed by atoms with van der Waals surface area (Å²) < 4.78 is 12.8. The summed E-state index contributed by atoms with van der Waals surface area (Å²) >= 11 is 5.60. The van der Waals surface area contributed by atoms with Gasteiger partial charge in [-0.1, -0.05) is 18.5 Å². The fourth-order valence-corrected chi connectivity index (χ4v) is 1.18. The molecule has 1 amide bonds. The molecule has 1 unspecified atom stereocenters. The molecular formula is C10H12ClFN2O. The molecule has 0 radical (unpaired) electrons. The molecule has 82 valence electrons. The molecule has 1 aromatic heterocycles. The standard InChI is InChI=1S/C10H12ClFN2O/c1-3-6(2)13-10(15)8-4-7(11)5-9(12)14-8/h4-6H,3H2,1-2H3,(H,13,15). The lowest BCUT2D eigenvalue weighted by molar-refractivity contribution is 0.0933. The van der Waals surface area contributed by atoms with Crippen LogP contribution in [0.4, 0.5) is 4.39 Å². The third-order valence-corrected chi connectivity index (χ3v) is 2.20. The number of carbonyl (C=O) groups is 1. The lowest BCUT2D eigenvalue weighted by Gasteiger charge is -2.10. The third-order valence-electron chi connectivity index (χ3n) is 1.98. The van der Waals surface area contributed by atoms with Gasteiger partial charge in [-0.2, -0.15) is 4.39 Å². The summed E-state index contributed by atoms with van der Waals surface area (Å²) in [7, 11) is 0. The van der Waals surface area contributed by atoms with Gasteiger partial charge in [-0.3, -0.25) is 4.79 Å². The topological polar surface area (TPSA) is 42.0 Å². The number of nitrogens with zero attached hydrogens (tertiary/aromatic N) is 1. The second-order valence-corrected chi connectivity index (χ2v) is 3.71. The highest BCUT2D eigenvalue weighted by molar-refractivity contribution is 6.30. The minimum atomic E-state index is -0.753. The Morgan fingerprint density at radius 3 is 2.87 bits per heavy atom. The molecule has 0 saturated heterocycles. The van der Waals surface area contributed by atoms with Gasteiger partial charge in [-0.25, -0.2) is 4.98 Å². The van der Waals surface area contributed by atoms with E-state index in [2.05, 4.69) is 10.3 Å². The van der Waals surface area contributed by atoms with Crippen molar-refractivity contribution in [3.05, 3.63) is 28.8 Å². The summed E-state index contributed by atoms with van der Waals surface area (Å²) in [6.45, 7) is 3.80. The quantitative estimate of drug-likeness (QED) is 0.811. The zero-order valence-corrected chi connectivity index (χ0v) is 9.31. The van der Waals surface area contributed by atoms with Crippen molar-refractivity contribution in [1.82, 2.24) is 10.3 Å². The third kappa shape index (κ3) is 3.47. The highest BCUT2D eigenvalue weighted by Gasteiger charge is 2.11. The van der Waals surface area contributed by atoms with E-state index in [9.17, 15) is 9.18 Å². The van der Waals surface area contributed by atoms with Gasteiger partial charge < -0.3 is 5.32 Å². The second-order valence-electron chi connectivity index (χ2n) is 3.28. The first-order valence-corrected chi connectivity index (χ1v) is 5.04. The number of amides is 1. The van der Waals surface area contributed by atoms with Gasteiger partial charge in [0.05, 0.1) is 0 Å². The number of hydrogen-bond acceptors (Lipinski definition) is 2. The van der Waals surface area contributed by atoms with Crippen molar-refractivity contribution in [2.24, 2.45) is 0 Å². The van der Waals surface area contributed by atoms with Gasteiger partial charge in [-0.05, 0) is 19.4 Å². The molecule has 0 fully saturated rings. The molecule has 3 nitrogen and oxygen atoms in total. The molecule has 5 heteroatoms. The van der Waals surface area contributed by atoms with Gasteiger partial charge in [0.1, 0.15) is 5.69 Å². The summed E-state index contributed by atoms with van der Waals surface area (Å²) in [6, 6.07) is 2.42. The van der Waals surface area contributed by atoms with Gasteiger partial charge in [0.25, 0.3) is 5.91 Å². The van der Waals surface area contributed by atoms with Crippen LogP contribution in [-0.4, -0.2) is 16.9 Å². The Balaban J connectivity index is 2.82. The fourth-order valence-electron chi connectivity index (χ4n) is 0.982. The molecule has 0 aromatic carbocycles. The summed E-state index contributed by atoms with van der Waals surface area (Å²) in [6.07, 6.45) is 0.800. The van der Waals surface area contributed by atoms with Gasteiger partial charge in [-0.15, -0.1) is 0 Å². The van der Waals surface area contributed by atoms with Crippen molar-refractivity contribution >= 4 is 17.5 Å². The van der Waals surface area contributed by atoms with E-state index in [4.69, 9.17) is 11.6 Å². The Labute approximate surface area is 92.7 Å². The Hall–Kier alpha value is -1.16. The molecule has 1 atom stereocenters. The summed E-state index contributed by atoms with van der Waals surface area (Å²) in [5, 5.41) is 2.84. The Bertz CT molecular complexity index is 350. The predicted octanol–water partition coefficient (Wildman–Crippen LogP) is 2.40. The number of rotatable bonds is 3. The zero-order chi connectivity index (χ0) is 11.4. The molecule has 0 bridgehead atoms. The van der Waals surface area contributed by atoms with Crippen LogP contribution in [0.2, 0.25) is 5.02 Å². The second kappa shape index (κ2) is 5.07. The number of aromatic nitrogens is 1. The molecule has 15 heavy (non-hydrogen) atoms. The van der Waals surface area contributed by atoms with E-state index in [-0.39, 0.29) is 16.8 Å². The molecule has 1 N–H and O–H groups in total. The van der Waals surface area contributed by atoms with E-state index in [0.717, 1.165) is 12.5 Å². The van der Waals surface area contributed by atoms with Crippen LogP contribution in [0, 0.1) is 5.95 Å². The van der Waals surface area contributed by atoms with Gasteiger partial charge >= 0.3 is 0 Å². The van der Waals surface area contributed by atoms with E-state index < -0.39 is 11.9 Å². The Morgan fingerprint density at radius 2 is 2.33 bits per heavy atom. The lowest BCUT2D eigenvalue weighted by atomic mass is 10.2. The van der Waals surface area contributed by atoms with Gasteiger partial charge in [0.15, 0.2) is 0 Å². The van der Waals surface area contributed by atoms with E-state index in [0.29, 0.717) is 0 Å². The first-order valence-electron chi connectivity index (χ1n) is 4.67. The maximum Gasteiger partial charge on any atom is 0.270 e. The number of nitrogens with one attached hydrogen (secondary N) is 1. The monoisotopic (exact) mass is 230 g/mol. The molecule has 0 aliphatic heterocycles. The van der Waals surface area contributed by atoms with Crippen molar-refractivity contribution in [2.75, 3.05) is 0 Å². The average Bonchev–Trinajstić information content (AvgIpc) is 2.16. The average molecular weight is 231 g/mol. The van der Waals surface area contributed by atoms with Gasteiger partial charge in [0.2, 0.25) is 5.95 Å². The van der Waals surface area contributed by atoms with E-state index >= 15 is 0 Å². The smallest absolute Gasteiger partial charge is 0.270 e. The Kier molecular flexibility index (Phi) is 4.03. The first-order chi connectivity index (χ1) is 7.02. The minimum Gasteiger partial charge on any atom is -0.348 e. The first kappa shape index (κ1) is 11.9. The molecule has 0 saturated carbocycles. The van der Waals surface area contributed by atoms with Crippen molar-refractivity contribution in [1.29, 1.82) is 0 Å². The summed E-state index contributed by atoms with van der Waals surface area (Å²) in [5.74, 6) is -1.16. The van der Waals surface area contributed by atoms with Crippen LogP contribution in [0.5, 0.6) is 0 Å². The molecule has 1 aromatic rings. The fraction of sp³-hybridized carbons (Fsp3) is 0.400. The van der Waals surface area contributed by atoms with Crippen LogP contribution in [0.1, 0.15) is 30.8 Å². The number of carbonyl (C=O) groups excluding carboxylic acids is 1. The molecule has 0 spiro atoms. The molecule has 1 heterocycles. The van der Waals surface area contributed by atoms with Crippen molar-refractivity contribution < 1.29 is 9.18 Å². The zero-order valence-electron chi connectivity index (χ0n) is 8.55. The normalized spacial score (nSPS) is 12.3. The minimum absolute atomic E-state index is 0.000278. The maximum atomic E-state index is 12.8. The van der Waals surface area contributed by atoms with E-state index in [1.54, 1.807) is 0 Å². The molecular weight excluding hydrogens is 219 g/mol. The predicted molar refractivity (Wildman–Crippen MR) is 56.4 cm³/mol. The Morgan fingerprint density at radius 1 is 1.67 bits per heavy atom. The SMILES string of the molecule is CCC(C)NC(=O)c1cc(Cl)cc(F)n1. The maximum absolute atomic E-state index is 12.8. The van der Waals surface area contributed by atoms with Crippen LogP contribution in [0.15, 0.2) is 12.1 Å². The lowest BCUT2D eigenvalue weighted by Crippen LogP contribution is -2.32. The summed E-state index contributed by atoms with van der Waals surface area (Å²) in [5.41, 5.74) is 0.000278. The highest BCUT2D eigenvalue weighted by atomic mass is 35.5. The van der Waals surface area contributed by atoms with Crippen LogP contribution >= 0.6 is 11.6 Å². The van der Waals surface area contributed by atoms with Gasteiger partial charge in [0, 0.05) is 17.1 Å². The number of halogens is 2. The van der Waals surface area contributed by atoms with E-state index in [1.807, 2.05) is 13.8 Å². The van der Waals surface area contributed by atoms with Crippen LogP contribution < -0.4 is 5.32 Å². The van der Waals surface area contributed by atoms with Crippen LogP contribution in [0.25, 0.3) is 0 Å². The van der Waals surface area contributed by atoms with Crippen molar-refractivity contribution in [3.63, 3.8) is 0 Å². The number of hydrogen-bond donors (Lipinski definition) is 1. The largest absolute Gasteiger partial charge is 0.348 e. The van der Waals surface area contributed by atoms with Crippen molar-refractivity contribution in [3.8, 4) is 0 Å². The van der Waals surface area contributed by atoms with Crippen LogP contribution in [-0.2, 0) is 0 Å². The number of pyridine rings is 1. The van der Waals surface area contributed by atoms with Crippen molar-refractivity contribution in [2.45, 2.75) is 26.3 Å².